The van der Waals surface area contributed by atoms with Crippen molar-refractivity contribution in [2.75, 3.05) is 5.09 Å². The molecule has 1 heterocycles. The summed E-state index contributed by atoms with van der Waals surface area (Å²) < 4.78 is 38.2. The highest BCUT2D eigenvalue weighted by atomic mass is 31.2. The fourth-order valence-corrected chi connectivity index (χ4v) is 6.75. The Kier molecular flexibility index (Phi) is 7.89. The second kappa shape index (κ2) is 8.81. The summed E-state index contributed by atoms with van der Waals surface area (Å²) in [7, 11) is -6.41. The van der Waals surface area contributed by atoms with Crippen molar-refractivity contribution < 1.29 is 18.2 Å². The lowest BCUT2D eigenvalue weighted by Gasteiger charge is -2.30. The van der Waals surface area contributed by atoms with Crippen LogP contribution in [0, 0.1) is 0 Å². The van der Waals surface area contributed by atoms with E-state index in [2.05, 4.69) is 10.1 Å². The zero-order valence-electron chi connectivity index (χ0n) is 16.5. The van der Waals surface area contributed by atoms with Gasteiger partial charge in [-0.05, 0) is 39.8 Å². The van der Waals surface area contributed by atoms with E-state index < -0.39 is 14.9 Å². The molecule has 6 nitrogen and oxygen atoms in total. The summed E-state index contributed by atoms with van der Waals surface area (Å²) in [6, 6.07) is 3.34. The predicted octanol–water partition coefficient (Wildman–Crippen LogP) is 5.26. The van der Waals surface area contributed by atoms with Crippen molar-refractivity contribution in [3.8, 4) is 0 Å². The van der Waals surface area contributed by atoms with Crippen LogP contribution in [0.1, 0.15) is 55.4 Å². The predicted molar refractivity (Wildman–Crippen MR) is 105 cm³/mol. The number of aromatic nitrogens is 1. The molecule has 8 heteroatoms. The lowest BCUT2D eigenvalue weighted by Crippen LogP contribution is -2.23. The van der Waals surface area contributed by atoms with Gasteiger partial charge in [0.05, 0.1) is 12.2 Å². The maximum atomic E-state index is 13.5. The molecule has 0 amide bonds. The van der Waals surface area contributed by atoms with Crippen LogP contribution in [-0.2, 0) is 18.2 Å². The Bertz CT molecular complexity index is 634. The molecule has 0 fully saturated rings. The monoisotopic (exact) mass is 390 g/mol. The molecule has 0 radical (unpaired) electrons. The van der Waals surface area contributed by atoms with Crippen LogP contribution in [0.25, 0.3) is 0 Å². The zero-order valence-corrected chi connectivity index (χ0v) is 18.3. The van der Waals surface area contributed by atoms with Gasteiger partial charge in [-0.1, -0.05) is 27.7 Å². The van der Waals surface area contributed by atoms with Crippen LogP contribution in [0.2, 0.25) is 0 Å². The van der Waals surface area contributed by atoms with Crippen molar-refractivity contribution in [3.63, 3.8) is 0 Å². The van der Waals surface area contributed by atoms with E-state index >= 15 is 0 Å². The summed E-state index contributed by atoms with van der Waals surface area (Å²) in [4.78, 5) is 4.29. The molecule has 0 unspecified atom stereocenters. The summed E-state index contributed by atoms with van der Waals surface area (Å²) in [5.41, 5.74) is -0.169. The quantitative estimate of drug-likeness (QED) is 0.580. The van der Waals surface area contributed by atoms with E-state index in [-0.39, 0.29) is 23.5 Å². The molecule has 0 aliphatic heterocycles. The van der Waals surface area contributed by atoms with E-state index in [4.69, 9.17) is 9.05 Å². The van der Waals surface area contributed by atoms with Crippen LogP contribution < -0.4 is 10.4 Å². The van der Waals surface area contributed by atoms with Gasteiger partial charge in [0.25, 0.3) is 0 Å². The lowest BCUT2D eigenvalue weighted by molar-refractivity contribution is 0.150. The van der Waals surface area contributed by atoms with Gasteiger partial charge in [0, 0.05) is 17.5 Å². The molecule has 1 aromatic rings. The minimum Gasteiger partial charge on any atom is -0.320 e. The van der Waals surface area contributed by atoms with E-state index in [0.29, 0.717) is 11.1 Å². The zero-order chi connectivity index (χ0) is 19.4. The topological polar surface area (TPSA) is 77.5 Å². The van der Waals surface area contributed by atoms with Crippen molar-refractivity contribution in [3.05, 3.63) is 18.3 Å². The maximum absolute atomic E-state index is 13.5. The molecule has 1 rings (SSSR count). The van der Waals surface area contributed by atoms with Crippen LogP contribution in [0.5, 0.6) is 0 Å². The fraction of sp³-hybridized carbons (Fsp3) is 0.706. The second-order valence-electron chi connectivity index (χ2n) is 7.19. The van der Waals surface area contributed by atoms with Gasteiger partial charge in [0.2, 0.25) is 0 Å². The summed E-state index contributed by atoms with van der Waals surface area (Å²) >= 11 is 0. The summed E-state index contributed by atoms with van der Waals surface area (Å²) in [5.74, 6) is 0.304. The number of anilines is 1. The first-order chi connectivity index (χ1) is 11.4. The minimum atomic E-state index is -3.61. The molecule has 0 saturated carbocycles. The van der Waals surface area contributed by atoms with Crippen molar-refractivity contribution in [2.24, 2.45) is 0 Å². The molecule has 0 aromatic carbocycles. The van der Waals surface area contributed by atoms with Gasteiger partial charge < -0.3 is 14.1 Å². The molecule has 25 heavy (non-hydrogen) atoms. The molecule has 0 spiro atoms. The first-order valence-electron chi connectivity index (χ1n) is 8.72. The molecular formula is C17H32N2O4P2. The third-order valence-corrected chi connectivity index (χ3v) is 9.57. The van der Waals surface area contributed by atoms with Gasteiger partial charge >= 0.3 is 7.60 Å². The van der Waals surface area contributed by atoms with E-state index in [1.165, 1.54) is 0 Å². The Morgan fingerprint density at radius 1 is 0.920 bits per heavy atom. The summed E-state index contributed by atoms with van der Waals surface area (Å²) in [6.45, 7) is 14.8. The van der Waals surface area contributed by atoms with Crippen molar-refractivity contribution >= 4 is 26.0 Å². The highest BCUT2D eigenvalue weighted by Crippen LogP contribution is 2.56. The summed E-state index contributed by atoms with van der Waals surface area (Å²) in [6.07, 6.45) is 0.991. The minimum absolute atomic E-state index is 0.0845. The van der Waals surface area contributed by atoms with E-state index in [1.807, 2.05) is 27.7 Å². The first kappa shape index (κ1) is 22.4. The highest BCUT2D eigenvalue weighted by Gasteiger charge is 2.37. The molecule has 1 N–H and O–H groups in total. The van der Waals surface area contributed by atoms with Gasteiger partial charge in [-0.3, -0.25) is 9.13 Å². The average Bonchev–Trinajstić information content (AvgIpc) is 2.45. The Labute approximate surface area is 152 Å². The van der Waals surface area contributed by atoms with Gasteiger partial charge in [-0.15, -0.1) is 0 Å². The van der Waals surface area contributed by atoms with Crippen LogP contribution in [0.3, 0.4) is 0 Å². The third kappa shape index (κ3) is 5.65. The van der Waals surface area contributed by atoms with Gasteiger partial charge in [-0.25, -0.2) is 4.98 Å². The highest BCUT2D eigenvalue weighted by molar-refractivity contribution is 7.67. The van der Waals surface area contributed by atoms with Gasteiger partial charge in [-0.2, -0.15) is 0 Å². The van der Waals surface area contributed by atoms with E-state index in [1.54, 1.807) is 46.0 Å². The molecule has 0 atom stereocenters. The number of nitrogens with one attached hydrogen (secondary N) is 1. The maximum Gasteiger partial charge on any atom is 0.365 e. The van der Waals surface area contributed by atoms with E-state index in [0.717, 1.165) is 0 Å². The van der Waals surface area contributed by atoms with Crippen molar-refractivity contribution in [2.45, 2.75) is 78.9 Å². The Balaban J connectivity index is 3.42. The molecule has 1 aromatic heterocycles. The van der Waals surface area contributed by atoms with Gasteiger partial charge in [0.1, 0.15) is 11.1 Å². The Morgan fingerprint density at radius 2 is 1.40 bits per heavy atom. The number of rotatable bonds is 9. The standard InChI is InChI=1S/C17H32N2O4P2/c1-12(2)22-25(21,23-13(3)4)16-10-9-11-18-17(16)19-24(20,14(5)6)15(7)8/h9-15H,1-8H3,(H,18,19,20). The lowest BCUT2D eigenvalue weighted by atomic mass is 10.5. The molecule has 0 bridgehead atoms. The average molecular weight is 390 g/mol. The van der Waals surface area contributed by atoms with Crippen LogP contribution in [0.4, 0.5) is 5.82 Å². The Hall–Kier alpha value is -0.670. The number of nitrogens with zero attached hydrogens (tertiary/aromatic N) is 1. The number of hydrogen-bond acceptors (Lipinski definition) is 5. The largest absolute Gasteiger partial charge is 0.365 e. The van der Waals surface area contributed by atoms with Crippen molar-refractivity contribution in [1.82, 2.24) is 4.98 Å². The smallest absolute Gasteiger partial charge is 0.320 e. The third-order valence-electron chi connectivity index (χ3n) is 3.60. The van der Waals surface area contributed by atoms with Crippen LogP contribution in [-0.4, -0.2) is 28.5 Å². The molecule has 0 aliphatic rings. The number of hydrogen-bond donors (Lipinski definition) is 1. The molecular weight excluding hydrogens is 358 g/mol. The second-order valence-corrected chi connectivity index (χ2v) is 12.8. The molecule has 0 aliphatic carbocycles. The molecule has 0 saturated heterocycles. The van der Waals surface area contributed by atoms with Crippen molar-refractivity contribution in [1.29, 1.82) is 0 Å². The first-order valence-corrected chi connectivity index (χ1v) is 12.1. The fourth-order valence-electron chi connectivity index (χ4n) is 2.42. The number of pyridine rings is 1. The van der Waals surface area contributed by atoms with Crippen LogP contribution >= 0.6 is 14.9 Å². The normalized spacial score (nSPS) is 13.3. The SMILES string of the molecule is CC(C)OP(=O)(OC(C)C)c1cccnc1NP(=O)(C(C)C)C(C)C. The molecule has 144 valence electrons. The van der Waals surface area contributed by atoms with Crippen LogP contribution in [0.15, 0.2) is 18.3 Å². The van der Waals surface area contributed by atoms with Gasteiger partial charge in [0.15, 0.2) is 7.29 Å². The van der Waals surface area contributed by atoms with E-state index in [9.17, 15) is 9.13 Å². The Morgan fingerprint density at radius 3 is 1.80 bits per heavy atom. The summed E-state index contributed by atoms with van der Waals surface area (Å²) in [5, 5.41) is 3.41.